The van der Waals surface area contributed by atoms with E-state index in [2.05, 4.69) is 10.3 Å². The molecule has 0 aliphatic rings. The van der Waals surface area contributed by atoms with Gasteiger partial charge in [-0.2, -0.15) is 0 Å². The van der Waals surface area contributed by atoms with Gasteiger partial charge >= 0.3 is 0 Å². The van der Waals surface area contributed by atoms with Crippen molar-refractivity contribution in [2.24, 2.45) is 0 Å². The fraction of sp³-hybridized carbons (Fsp3) is 0.308. The number of nitrogens with zero attached hydrogens (tertiary/aromatic N) is 1. The van der Waals surface area contributed by atoms with Crippen molar-refractivity contribution in [1.29, 1.82) is 0 Å². The second kappa shape index (κ2) is 4.84. The summed E-state index contributed by atoms with van der Waals surface area (Å²) in [5.74, 6) is -0.222. The fourth-order valence-corrected chi connectivity index (χ4v) is 2.34. The third kappa shape index (κ3) is 2.82. The van der Waals surface area contributed by atoms with Crippen LogP contribution in [0.5, 0.6) is 0 Å². The second-order valence-electron chi connectivity index (χ2n) is 4.12. The average Bonchev–Trinajstić information content (AvgIpc) is 2.70. The Morgan fingerprint density at radius 2 is 2.12 bits per heavy atom. The van der Waals surface area contributed by atoms with Crippen LogP contribution in [0.3, 0.4) is 0 Å². The molecule has 4 heteroatoms. The molecule has 0 aliphatic heterocycles. The predicted octanol–water partition coefficient (Wildman–Crippen LogP) is 4.07. The molecule has 1 aromatic heterocycles. The molecule has 1 unspecified atom stereocenters. The topological polar surface area (TPSA) is 24.9 Å². The van der Waals surface area contributed by atoms with Gasteiger partial charge in [-0.25, -0.2) is 9.37 Å². The third-order valence-electron chi connectivity index (χ3n) is 2.65. The first-order chi connectivity index (χ1) is 8.06. The van der Waals surface area contributed by atoms with Crippen LogP contribution in [-0.4, -0.2) is 4.98 Å². The van der Waals surface area contributed by atoms with Gasteiger partial charge in [0.25, 0.3) is 0 Å². The number of nitrogens with one attached hydrogen (secondary N) is 1. The zero-order valence-corrected chi connectivity index (χ0v) is 10.9. The van der Waals surface area contributed by atoms with E-state index in [-0.39, 0.29) is 11.9 Å². The Kier molecular flexibility index (Phi) is 3.43. The normalized spacial score (nSPS) is 12.5. The number of aromatic nitrogens is 1. The molecule has 90 valence electrons. The molecule has 17 heavy (non-hydrogen) atoms. The van der Waals surface area contributed by atoms with Crippen molar-refractivity contribution in [3.05, 3.63) is 45.7 Å². The highest BCUT2D eigenvalue weighted by Gasteiger charge is 2.10. The number of rotatable bonds is 3. The van der Waals surface area contributed by atoms with Crippen molar-refractivity contribution in [2.75, 3.05) is 5.32 Å². The van der Waals surface area contributed by atoms with E-state index >= 15 is 0 Å². The Labute approximate surface area is 105 Å². The van der Waals surface area contributed by atoms with Crippen molar-refractivity contribution in [2.45, 2.75) is 26.8 Å². The molecule has 2 rings (SSSR count). The quantitative estimate of drug-likeness (QED) is 0.888. The Balaban J connectivity index is 2.18. The van der Waals surface area contributed by atoms with Crippen LogP contribution in [-0.2, 0) is 0 Å². The molecule has 0 spiro atoms. The maximum Gasteiger partial charge on any atom is 0.125 e. The lowest BCUT2D eigenvalue weighted by Gasteiger charge is -2.15. The largest absolute Gasteiger partial charge is 0.377 e. The summed E-state index contributed by atoms with van der Waals surface area (Å²) in [6.07, 6.45) is 0. The number of anilines is 1. The smallest absolute Gasteiger partial charge is 0.125 e. The number of benzene rings is 1. The standard InChI is InChI=1S/C13H15FN2S/c1-8-4-5-11(14)6-12(8)15-9(2)13-7-17-10(3)16-13/h4-7,9,15H,1-3H3. The van der Waals surface area contributed by atoms with Crippen molar-refractivity contribution >= 4 is 17.0 Å². The van der Waals surface area contributed by atoms with Crippen LogP contribution in [0.25, 0.3) is 0 Å². The molecule has 0 saturated heterocycles. The lowest BCUT2D eigenvalue weighted by atomic mass is 10.1. The fourth-order valence-electron chi connectivity index (χ4n) is 1.64. The first kappa shape index (κ1) is 12.0. The number of hydrogen-bond acceptors (Lipinski definition) is 3. The first-order valence-corrected chi connectivity index (χ1v) is 6.39. The van der Waals surface area contributed by atoms with Gasteiger partial charge in [-0.1, -0.05) is 6.07 Å². The van der Waals surface area contributed by atoms with Gasteiger partial charge in [-0.3, -0.25) is 0 Å². The highest BCUT2D eigenvalue weighted by Crippen LogP contribution is 2.23. The molecule has 0 amide bonds. The monoisotopic (exact) mass is 250 g/mol. The molecular weight excluding hydrogens is 235 g/mol. The Bertz CT molecular complexity index is 522. The van der Waals surface area contributed by atoms with Gasteiger partial charge in [0.05, 0.1) is 16.7 Å². The zero-order valence-electron chi connectivity index (χ0n) is 10.1. The van der Waals surface area contributed by atoms with Crippen LogP contribution in [0, 0.1) is 19.7 Å². The third-order valence-corrected chi connectivity index (χ3v) is 3.44. The molecule has 0 fully saturated rings. The van der Waals surface area contributed by atoms with Gasteiger partial charge < -0.3 is 5.32 Å². The minimum atomic E-state index is -0.222. The molecule has 0 aliphatic carbocycles. The molecule has 1 heterocycles. The van der Waals surface area contributed by atoms with Gasteiger partial charge in [0.1, 0.15) is 5.82 Å². The zero-order chi connectivity index (χ0) is 12.4. The molecule has 0 saturated carbocycles. The summed E-state index contributed by atoms with van der Waals surface area (Å²) >= 11 is 1.63. The average molecular weight is 250 g/mol. The molecule has 0 bridgehead atoms. The lowest BCUT2D eigenvalue weighted by molar-refractivity contribution is 0.627. The summed E-state index contributed by atoms with van der Waals surface area (Å²) in [5.41, 5.74) is 2.85. The van der Waals surface area contributed by atoms with Crippen LogP contribution in [0.2, 0.25) is 0 Å². The minimum absolute atomic E-state index is 0.0837. The van der Waals surface area contributed by atoms with E-state index in [1.54, 1.807) is 17.4 Å². The van der Waals surface area contributed by atoms with Crippen LogP contribution in [0.1, 0.15) is 29.2 Å². The molecule has 1 N–H and O–H groups in total. The summed E-state index contributed by atoms with van der Waals surface area (Å²) in [6.45, 7) is 5.97. The van der Waals surface area contributed by atoms with Crippen molar-refractivity contribution in [3.63, 3.8) is 0 Å². The first-order valence-electron chi connectivity index (χ1n) is 5.51. The van der Waals surface area contributed by atoms with Crippen LogP contribution in [0.4, 0.5) is 10.1 Å². The Morgan fingerprint density at radius 3 is 2.76 bits per heavy atom. The molecule has 2 aromatic rings. The van der Waals surface area contributed by atoms with E-state index < -0.39 is 0 Å². The number of thiazole rings is 1. The Morgan fingerprint density at radius 1 is 1.35 bits per heavy atom. The Hall–Kier alpha value is -1.42. The summed E-state index contributed by atoms with van der Waals surface area (Å²) in [6, 6.07) is 4.85. The van der Waals surface area contributed by atoms with E-state index in [0.717, 1.165) is 22.0 Å². The van der Waals surface area contributed by atoms with E-state index in [0.29, 0.717) is 0 Å². The summed E-state index contributed by atoms with van der Waals surface area (Å²) in [5, 5.41) is 6.36. The molecule has 2 nitrogen and oxygen atoms in total. The van der Waals surface area contributed by atoms with Crippen LogP contribution >= 0.6 is 11.3 Å². The second-order valence-corrected chi connectivity index (χ2v) is 5.18. The SMILES string of the molecule is Cc1nc(C(C)Nc2cc(F)ccc2C)cs1. The van der Waals surface area contributed by atoms with Crippen molar-refractivity contribution in [3.8, 4) is 0 Å². The number of hydrogen-bond donors (Lipinski definition) is 1. The van der Waals surface area contributed by atoms with Crippen molar-refractivity contribution < 1.29 is 4.39 Å². The maximum absolute atomic E-state index is 13.2. The van der Waals surface area contributed by atoms with Gasteiger partial charge in [0.2, 0.25) is 0 Å². The predicted molar refractivity (Wildman–Crippen MR) is 70.0 cm³/mol. The number of aryl methyl sites for hydroxylation is 2. The van der Waals surface area contributed by atoms with Gasteiger partial charge in [0.15, 0.2) is 0 Å². The minimum Gasteiger partial charge on any atom is -0.377 e. The summed E-state index contributed by atoms with van der Waals surface area (Å²) in [7, 11) is 0. The van der Waals surface area contributed by atoms with E-state index in [4.69, 9.17) is 0 Å². The van der Waals surface area contributed by atoms with Gasteiger partial charge in [-0.15, -0.1) is 11.3 Å². The van der Waals surface area contributed by atoms with Crippen molar-refractivity contribution in [1.82, 2.24) is 4.98 Å². The molecule has 0 radical (unpaired) electrons. The van der Waals surface area contributed by atoms with Gasteiger partial charge in [-0.05, 0) is 38.5 Å². The summed E-state index contributed by atoms with van der Waals surface area (Å²) < 4.78 is 13.2. The van der Waals surface area contributed by atoms with Gasteiger partial charge in [0, 0.05) is 11.1 Å². The molecule has 1 atom stereocenters. The van der Waals surface area contributed by atoms with Crippen LogP contribution in [0.15, 0.2) is 23.6 Å². The van der Waals surface area contributed by atoms with Crippen LogP contribution < -0.4 is 5.32 Å². The van der Waals surface area contributed by atoms with E-state index in [9.17, 15) is 4.39 Å². The highest BCUT2D eigenvalue weighted by molar-refractivity contribution is 7.09. The molecule has 1 aromatic carbocycles. The summed E-state index contributed by atoms with van der Waals surface area (Å²) in [4.78, 5) is 4.42. The number of halogens is 1. The highest BCUT2D eigenvalue weighted by atomic mass is 32.1. The van der Waals surface area contributed by atoms with E-state index in [1.165, 1.54) is 12.1 Å². The molecular formula is C13H15FN2S. The van der Waals surface area contributed by atoms with E-state index in [1.807, 2.05) is 26.2 Å². The maximum atomic E-state index is 13.2. The lowest BCUT2D eigenvalue weighted by Crippen LogP contribution is -2.08.